The van der Waals surface area contributed by atoms with Gasteiger partial charge >= 0.3 is 0 Å². The number of rotatable bonds is 4. The summed E-state index contributed by atoms with van der Waals surface area (Å²) in [6, 6.07) is 10.2. The summed E-state index contributed by atoms with van der Waals surface area (Å²) in [7, 11) is 0. The molecule has 2 unspecified atom stereocenters. The van der Waals surface area contributed by atoms with Gasteiger partial charge in [0, 0.05) is 5.92 Å². The maximum atomic E-state index is 10.3. The van der Waals surface area contributed by atoms with Crippen LogP contribution in [-0.2, 0) is 4.79 Å². The average Bonchev–Trinajstić information content (AvgIpc) is 2.19. The van der Waals surface area contributed by atoms with Gasteiger partial charge in [-0.1, -0.05) is 44.2 Å². The van der Waals surface area contributed by atoms with Crippen molar-refractivity contribution in [1.29, 1.82) is 0 Å². The van der Waals surface area contributed by atoms with Gasteiger partial charge in [0.2, 0.25) is 6.08 Å². The monoisotopic (exact) mass is 203 g/mol. The Hall–Kier alpha value is -1.40. The van der Waals surface area contributed by atoms with Crippen molar-refractivity contribution >= 4 is 6.08 Å². The van der Waals surface area contributed by atoms with Crippen molar-refractivity contribution in [3.05, 3.63) is 35.9 Å². The molecular weight excluding hydrogens is 186 g/mol. The van der Waals surface area contributed by atoms with E-state index in [1.165, 1.54) is 5.56 Å². The van der Waals surface area contributed by atoms with Crippen molar-refractivity contribution in [3.63, 3.8) is 0 Å². The smallest absolute Gasteiger partial charge is 0.211 e. The van der Waals surface area contributed by atoms with E-state index in [1.54, 1.807) is 6.08 Å². The second kappa shape index (κ2) is 5.47. The number of isocyanates is 1. The molecule has 0 aromatic heterocycles. The minimum Gasteiger partial charge on any atom is -0.211 e. The van der Waals surface area contributed by atoms with Crippen LogP contribution in [0.4, 0.5) is 0 Å². The highest BCUT2D eigenvalue weighted by Crippen LogP contribution is 2.29. The van der Waals surface area contributed by atoms with E-state index in [0.717, 1.165) is 0 Å². The van der Waals surface area contributed by atoms with Gasteiger partial charge in [-0.2, -0.15) is 0 Å². The fourth-order valence-electron chi connectivity index (χ4n) is 2.06. The molecule has 0 fully saturated rings. The third-order valence-corrected chi connectivity index (χ3v) is 2.68. The van der Waals surface area contributed by atoms with Crippen molar-refractivity contribution in [2.24, 2.45) is 10.9 Å². The first-order valence-electron chi connectivity index (χ1n) is 5.28. The van der Waals surface area contributed by atoms with E-state index >= 15 is 0 Å². The summed E-state index contributed by atoms with van der Waals surface area (Å²) >= 11 is 0. The number of nitrogens with zero attached hydrogens (tertiary/aromatic N) is 1. The van der Waals surface area contributed by atoms with Crippen molar-refractivity contribution in [2.75, 3.05) is 0 Å². The van der Waals surface area contributed by atoms with Gasteiger partial charge in [0.15, 0.2) is 0 Å². The number of benzene rings is 1. The first-order chi connectivity index (χ1) is 7.16. The first kappa shape index (κ1) is 11.7. The summed E-state index contributed by atoms with van der Waals surface area (Å²) in [4.78, 5) is 14.1. The van der Waals surface area contributed by atoms with Crippen LogP contribution in [0.2, 0.25) is 0 Å². The summed E-state index contributed by atoms with van der Waals surface area (Å²) in [5.41, 5.74) is 1.24. The summed E-state index contributed by atoms with van der Waals surface area (Å²) < 4.78 is 0. The van der Waals surface area contributed by atoms with Gasteiger partial charge in [0.25, 0.3) is 0 Å². The van der Waals surface area contributed by atoms with Gasteiger partial charge in [-0.25, -0.2) is 9.79 Å². The fraction of sp³-hybridized carbons (Fsp3) is 0.462. The highest BCUT2D eigenvalue weighted by atomic mass is 16.1. The second-order valence-electron chi connectivity index (χ2n) is 4.14. The molecule has 0 aliphatic rings. The fourth-order valence-corrected chi connectivity index (χ4v) is 2.06. The van der Waals surface area contributed by atoms with Crippen molar-refractivity contribution in [1.82, 2.24) is 0 Å². The molecule has 0 aliphatic carbocycles. The molecule has 0 saturated carbocycles. The zero-order chi connectivity index (χ0) is 11.3. The Morgan fingerprint density at radius 2 is 1.73 bits per heavy atom. The molecule has 1 rings (SSSR count). The van der Waals surface area contributed by atoms with E-state index < -0.39 is 0 Å². The normalized spacial score (nSPS) is 14.4. The second-order valence-corrected chi connectivity index (χ2v) is 4.14. The Bertz CT molecular complexity index is 339. The Labute approximate surface area is 91.0 Å². The lowest BCUT2D eigenvalue weighted by Crippen LogP contribution is -2.18. The van der Waals surface area contributed by atoms with Crippen LogP contribution < -0.4 is 0 Å². The quantitative estimate of drug-likeness (QED) is 0.546. The van der Waals surface area contributed by atoms with E-state index in [0.29, 0.717) is 5.92 Å². The molecule has 80 valence electrons. The third kappa shape index (κ3) is 3.03. The number of hydrogen-bond donors (Lipinski definition) is 0. The molecule has 0 heterocycles. The predicted octanol–water partition coefficient (Wildman–Crippen LogP) is 3.15. The van der Waals surface area contributed by atoms with Gasteiger partial charge in [0.05, 0.1) is 6.04 Å². The molecule has 0 aliphatic heterocycles. The largest absolute Gasteiger partial charge is 0.235 e. The Morgan fingerprint density at radius 3 is 2.20 bits per heavy atom. The Kier molecular flexibility index (Phi) is 4.26. The van der Waals surface area contributed by atoms with Crippen molar-refractivity contribution in [3.8, 4) is 0 Å². The van der Waals surface area contributed by atoms with E-state index in [9.17, 15) is 4.79 Å². The van der Waals surface area contributed by atoms with E-state index in [2.05, 4.69) is 31.0 Å². The Balaban J connectivity index is 2.98. The third-order valence-electron chi connectivity index (χ3n) is 2.68. The molecule has 0 spiro atoms. The van der Waals surface area contributed by atoms with E-state index in [-0.39, 0.29) is 12.0 Å². The minimum atomic E-state index is -0.00935. The van der Waals surface area contributed by atoms with Crippen LogP contribution in [0.3, 0.4) is 0 Å². The van der Waals surface area contributed by atoms with E-state index in [1.807, 2.05) is 25.1 Å². The standard InChI is InChI=1S/C13H17NO/c1-10(2)13(11(3)14-9-15)12-7-5-4-6-8-12/h4-8,10-11,13H,1-3H3. The van der Waals surface area contributed by atoms with Crippen LogP contribution in [0.5, 0.6) is 0 Å². The summed E-state index contributed by atoms with van der Waals surface area (Å²) in [5.74, 6) is 0.743. The maximum Gasteiger partial charge on any atom is 0.235 e. The summed E-state index contributed by atoms with van der Waals surface area (Å²) in [6.45, 7) is 6.26. The van der Waals surface area contributed by atoms with Gasteiger partial charge in [0.1, 0.15) is 0 Å². The molecule has 2 nitrogen and oxygen atoms in total. The van der Waals surface area contributed by atoms with Crippen LogP contribution in [0.15, 0.2) is 35.3 Å². The molecule has 1 aromatic rings. The average molecular weight is 203 g/mol. The molecular formula is C13H17NO. The topological polar surface area (TPSA) is 29.4 Å². The molecule has 15 heavy (non-hydrogen) atoms. The zero-order valence-electron chi connectivity index (χ0n) is 9.47. The molecule has 2 atom stereocenters. The molecule has 1 aromatic carbocycles. The number of aliphatic imine (C=N–C) groups is 1. The molecule has 0 radical (unpaired) electrons. The van der Waals surface area contributed by atoms with Gasteiger partial charge in [-0.05, 0) is 18.4 Å². The lowest BCUT2D eigenvalue weighted by Gasteiger charge is -2.24. The van der Waals surface area contributed by atoms with Crippen LogP contribution >= 0.6 is 0 Å². The summed E-state index contributed by atoms with van der Waals surface area (Å²) in [6.07, 6.45) is 1.65. The summed E-state index contributed by atoms with van der Waals surface area (Å²) in [5, 5.41) is 0. The molecule has 0 bridgehead atoms. The predicted molar refractivity (Wildman–Crippen MR) is 61.6 cm³/mol. The van der Waals surface area contributed by atoms with Crippen LogP contribution in [0.25, 0.3) is 0 Å². The zero-order valence-corrected chi connectivity index (χ0v) is 9.47. The van der Waals surface area contributed by atoms with Gasteiger partial charge in [-0.3, -0.25) is 0 Å². The number of hydrogen-bond acceptors (Lipinski definition) is 2. The Morgan fingerprint density at radius 1 is 1.13 bits per heavy atom. The molecule has 2 heteroatoms. The number of carbonyl (C=O) groups excluding carboxylic acids is 1. The van der Waals surface area contributed by atoms with Crippen molar-refractivity contribution in [2.45, 2.75) is 32.7 Å². The highest BCUT2D eigenvalue weighted by Gasteiger charge is 2.21. The highest BCUT2D eigenvalue weighted by molar-refractivity contribution is 5.34. The molecule has 0 N–H and O–H groups in total. The van der Waals surface area contributed by atoms with Crippen LogP contribution in [0.1, 0.15) is 32.3 Å². The lowest BCUT2D eigenvalue weighted by molar-refractivity contribution is 0.434. The molecule has 0 saturated heterocycles. The first-order valence-corrected chi connectivity index (χ1v) is 5.28. The van der Waals surface area contributed by atoms with Crippen molar-refractivity contribution < 1.29 is 4.79 Å². The maximum absolute atomic E-state index is 10.3. The van der Waals surface area contributed by atoms with Crippen LogP contribution in [0, 0.1) is 5.92 Å². The van der Waals surface area contributed by atoms with Gasteiger partial charge < -0.3 is 0 Å². The minimum absolute atomic E-state index is 0.00935. The SMILES string of the molecule is CC(C)C(c1ccccc1)C(C)N=C=O. The molecule has 0 amide bonds. The van der Waals surface area contributed by atoms with E-state index in [4.69, 9.17) is 0 Å². The lowest BCUT2D eigenvalue weighted by atomic mass is 9.83. The van der Waals surface area contributed by atoms with Gasteiger partial charge in [-0.15, -0.1) is 0 Å². The van der Waals surface area contributed by atoms with Crippen LogP contribution in [-0.4, -0.2) is 12.1 Å².